The van der Waals surface area contributed by atoms with Gasteiger partial charge in [0.2, 0.25) is 11.9 Å². The first-order valence-electron chi connectivity index (χ1n) is 4.46. The predicted molar refractivity (Wildman–Crippen MR) is 49.4 cm³/mol. The summed E-state index contributed by atoms with van der Waals surface area (Å²) in [7, 11) is 0. The van der Waals surface area contributed by atoms with Crippen molar-refractivity contribution in [3.8, 4) is 0 Å². The van der Waals surface area contributed by atoms with Crippen molar-refractivity contribution in [2.45, 2.75) is 24.9 Å². The topological polar surface area (TPSA) is 170 Å². The zero-order valence-corrected chi connectivity index (χ0v) is 11.6. The van der Waals surface area contributed by atoms with Crippen molar-refractivity contribution < 1.29 is 64.1 Å². The quantitative estimate of drug-likeness (QED) is 0.249. The van der Waals surface area contributed by atoms with E-state index in [1.165, 1.54) is 0 Å². The number of nitrogens with two attached hydrogens (primary N) is 1. The molecule has 0 aliphatic heterocycles. The molecular weight excluding hydrogens is 259 g/mol. The summed E-state index contributed by atoms with van der Waals surface area (Å²) in [6.45, 7) is 0. The van der Waals surface area contributed by atoms with Gasteiger partial charge in [0, 0.05) is 12.5 Å². The first-order chi connectivity index (χ1) is 7.75. The van der Waals surface area contributed by atoms with Gasteiger partial charge in [0.05, 0.1) is 5.97 Å². The first kappa shape index (κ1) is 19.2. The molecule has 0 radical (unpaired) electrons. The summed E-state index contributed by atoms with van der Waals surface area (Å²) in [4.78, 5) is 42.0. The van der Waals surface area contributed by atoms with Crippen LogP contribution in [0.1, 0.15) is 12.8 Å². The molecule has 0 aliphatic rings. The Morgan fingerprint density at radius 3 is 1.89 bits per heavy atom. The minimum atomic E-state index is -2.09. The van der Waals surface area contributed by atoms with Crippen LogP contribution in [0.4, 0.5) is 0 Å². The van der Waals surface area contributed by atoms with Crippen molar-refractivity contribution in [1.82, 2.24) is 5.32 Å². The summed E-state index contributed by atoms with van der Waals surface area (Å²) in [5.41, 5.74) is 4.78. The summed E-state index contributed by atoms with van der Waals surface area (Å²) in [5.74, 6) is -6.00. The van der Waals surface area contributed by atoms with E-state index < -0.39 is 35.9 Å². The first-order valence-corrected chi connectivity index (χ1v) is 4.46. The third kappa shape index (κ3) is 7.22. The number of carbonyl (C=O) groups excluding carboxylic acids is 2. The van der Waals surface area contributed by atoms with Gasteiger partial charge in [-0.05, 0) is 6.42 Å². The Morgan fingerprint density at radius 2 is 1.61 bits per heavy atom. The Kier molecular flexibility index (Phi) is 9.45. The van der Waals surface area contributed by atoms with E-state index in [2.05, 4.69) is 0 Å². The van der Waals surface area contributed by atoms with Gasteiger partial charge in [-0.25, -0.2) is 9.59 Å². The number of amides is 1. The van der Waals surface area contributed by atoms with Gasteiger partial charge in [-0.2, -0.15) is 0 Å². The molecule has 0 aromatic heterocycles. The smallest absolute Gasteiger partial charge is 0.548 e. The third-order valence-corrected chi connectivity index (χ3v) is 1.83. The summed E-state index contributed by atoms with van der Waals surface area (Å²) < 4.78 is 0. The fraction of sp³-hybridized carbons (Fsp3) is 0.500. The van der Waals surface area contributed by atoms with Crippen molar-refractivity contribution in [2.24, 2.45) is 5.73 Å². The predicted octanol–water partition coefficient (Wildman–Crippen LogP) is -6.50. The van der Waals surface area contributed by atoms with E-state index in [0.717, 1.165) is 0 Å². The molecule has 96 valence electrons. The molecule has 1 atom stereocenters. The van der Waals surface area contributed by atoms with Crippen LogP contribution in [0.5, 0.6) is 0 Å². The number of hydrogen-bond donors (Lipinski definition) is 4. The molecule has 0 saturated heterocycles. The van der Waals surface area contributed by atoms with Crippen LogP contribution >= 0.6 is 0 Å². The van der Waals surface area contributed by atoms with Crippen LogP contribution in [-0.4, -0.2) is 46.1 Å². The van der Waals surface area contributed by atoms with Crippen LogP contribution < -0.4 is 45.7 Å². The molecule has 0 aromatic carbocycles. The number of hydrogen-bond acceptors (Lipinski definition) is 6. The molecule has 0 fully saturated rings. The minimum absolute atomic E-state index is 0. The van der Waals surface area contributed by atoms with Crippen LogP contribution in [0.25, 0.3) is 0 Å². The number of nitrogens with one attached hydrogen (secondary N) is 1. The van der Waals surface area contributed by atoms with Crippen molar-refractivity contribution >= 4 is 23.8 Å². The second-order valence-corrected chi connectivity index (χ2v) is 3.15. The number of carbonyl (C=O) groups is 4. The third-order valence-electron chi connectivity index (χ3n) is 1.83. The van der Waals surface area contributed by atoms with Gasteiger partial charge < -0.3 is 25.8 Å². The number of carboxylic acid groups (broad SMARTS) is 3. The molecule has 18 heavy (non-hydrogen) atoms. The van der Waals surface area contributed by atoms with Gasteiger partial charge >= 0.3 is 41.5 Å². The van der Waals surface area contributed by atoms with E-state index in [9.17, 15) is 24.3 Å². The van der Waals surface area contributed by atoms with Gasteiger partial charge in [0.1, 0.15) is 0 Å². The molecule has 0 aliphatic carbocycles. The van der Waals surface area contributed by atoms with Crippen LogP contribution in [0.2, 0.25) is 0 Å². The van der Waals surface area contributed by atoms with Gasteiger partial charge in [-0.15, -0.1) is 0 Å². The zero-order valence-electron chi connectivity index (χ0n) is 9.58. The molecule has 0 saturated carbocycles. The minimum Gasteiger partial charge on any atom is -0.548 e. The van der Waals surface area contributed by atoms with Gasteiger partial charge in [0.15, 0.2) is 0 Å². The van der Waals surface area contributed by atoms with Crippen molar-refractivity contribution in [3.63, 3.8) is 0 Å². The molecule has 0 heterocycles. The van der Waals surface area contributed by atoms with Crippen LogP contribution in [-0.2, 0) is 19.2 Å². The number of rotatable bonds is 8. The largest absolute Gasteiger partial charge is 1.00 e. The fourth-order valence-corrected chi connectivity index (χ4v) is 1.01. The van der Waals surface area contributed by atoms with Gasteiger partial charge in [-0.1, -0.05) is 0 Å². The average molecular weight is 270 g/mol. The van der Waals surface area contributed by atoms with Crippen molar-refractivity contribution in [1.29, 1.82) is 0 Å². The van der Waals surface area contributed by atoms with E-state index >= 15 is 0 Å². The fourth-order valence-electron chi connectivity index (χ4n) is 1.01. The van der Waals surface area contributed by atoms with Gasteiger partial charge in [0.25, 0.3) is 0 Å². The Hall–Kier alpha value is -1.16. The molecule has 5 N–H and O–H groups in total. The Labute approximate surface area is 124 Å². The van der Waals surface area contributed by atoms with E-state index in [1.54, 1.807) is 0 Å². The molecule has 0 bridgehead atoms. The standard InChI is InChI=1S/C8H12N2O7.Na/c9-4(11)2-1-3(6(12)13)10-5(7(14)15)8(16)17;/h3,5,10H,1-2H2,(H2,9,11)(H,12,13)(H,14,15)(H,16,17);/q;+1/p-1/t3-;/m0./s1. The maximum absolute atomic E-state index is 10.6. The number of carboxylic acids is 3. The van der Waals surface area contributed by atoms with Crippen molar-refractivity contribution in [3.05, 3.63) is 0 Å². The normalized spacial score (nSPS) is 11.4. The molecule has 9 nitrogen and oxygen atoms in total. The SMILES string of the molecule is NC(=O)CC[C@H](NC(C(=O)O)C(=O)O)C(=O)[O-].[Na+]. The molecule has 0 spiro atoms. The van der Waals surface area contributed by atoms with Crippen molar-refractivity contribution in [2.75, 3.05) is 0 Å². The Balaban J connectivity index is 0. The van der Waals surface area contributed by atoms with Crippen LogP contribution in [0, 0.1) is 0 Å². The zero-order chi connectivity index (χ0) is 13.6. The summed E-state index contributed by atoms with van der Waals surface area (Å²) >= 11 is 0. The van der Waals surface area contributed by atoms with E-state index in [0.29, 0.717) is 0 Å². The maximum atomic E-state index is 10.6. The Bertz CT molecular complexity index is 332. The van der Waals surface area contributed by atoms with Gasteiger partial charge in [-0.3, -0.25) is 10.1 Å². The van der Waals surface area contributed by atoms with Crippen LogP contribution in [0.3, 0.4) is 0 Å². The molecular formula is C8H11N2NaO7. The monoisotopic (exact) mass is 270 g/mol. The second-order valence-electron chi connectivity index (χ2n) is 3.15. The molecule has 1 amide bonds. The average Bonchev–Trinajstić information content (AvgIpc) is 2.15. The molecule has 0 aromatic rings. The second kappa shape index (κ2) is 8.86. The number of primary amides is 1. The van der Waals surface area contributed by atoms with E-state index in [4.69, 9.17) is 15.9 Å². The summed E-state index contributed by atoms with van der Waals surface area (Å²) in [6, 6.07) is -3.68. The van der Waals surface area contributed by atoms with E-state index in [1.807, 2.05) is 5.32 Å². The Morgan fingerprint density at radius 1 is 1.17 bits per heavy atom. The summed E-state index contributed by atoms with van der Waals surface area (Å²) in [5, 5.41) is 29.4. The van der Waals surface area contributed by atoms with Crippen LogP contribution in [0.15, 0.2) is 0 Å². The number of aliphatic carboxylic acids is 3. The van der Waals surface area contributed by atoms with E-state index in [-0.39, 0.29) is 42.4 Å². The maximum Gasteiger partial charge on any atom is 1.00 e. The molecule has 0 unspecified atom stereocenters. The molecule has 10 heteroatoms. The summed E-state index contributed by atoms with van der Waals surface area (Å²) in [6.07, 6.45) is -0.688. The molecule has 0 rings (SSSR count).